The summed E-state index contributed by atoms with van der Waals surface area (Å²) < 4.78 is 0. The summed E-state index contributed by atoms with van der Waals surface area (Å²) in [6.07, 6.45) is 5.11. The van der Waals surface area contributed by atoms with E-state index in [0.29, 0.717) is 29.4 Å². The molecule has 1 fully saturated rings. The molecule has 0 aromatic heterocycles. The molecule has 3 rings (SSSR count). The highest BCUT2D eigenvalue weighted by Gasteiger charge is 2.22. The van der Waals surface area contributed by atoms with Crippen LogP contribution in [0.2, 0.25) is 15.1 Å². The Kier molecular flexibility index (Phi) is 9.72. The van der Waals surface area contributed by atoms with Crippen molar-refractivity contribution in [2.45, 2.75) is 38.1 Å². The normalized spacial score (nSPS) is 17.4. The van der Waals surface area contributed by atoms with Crippen LogP contribution < -0.4 is 16.0 Å². The van der Waals surface area contributed by atoms with Crippen molar-refractivity contribution < 1.29 is 4.79 Å². The zero-order chi connectivity index (χ0) is 25.5. The number of carbonyl (C=O) groups excluding carboxylic acids is 1. The molecule has 2 aromatic carbocycles. The quantitative estimate of drug-likeness (QED) is 0.221. The van der Waals surface area contributed by atoms with Crippen molar-refractivity contribution in [1.82, 2.24) is 15.5 Å². The van der Waals surface area contributed by atoms with Crippen LogP contribution >= 0.6 is 34.8 Å². The van der Waals surface area contributed by atoms with E-state index in [-0.39, 0.29) is 21.5 Å². The molecule has 0 aliphatic heterocycles. The number of nitrogens with one attached hydrogen (secondary N) is 4. The van der Waals surface area contributed by atoms with Gasteiger partial charge in [-0.3, -0.25) is 10.2 Å². The number of amides is 1. The summed E-state index contributed by atoms with van der Waals surface area (Å²) in [6.45, 7) is 4.71. The van der Waals surface area contributed by atoms with Gasteiger partial charge in [-0.05, 0) is 62.3 Å². The second-order valence-corrected chi connectivity index (χ2v) is 10.3. The number of hydrogen-bond acceptors (Lipinski definition) is 4. The smallest absolute Gasteiger partial charge is 0.254 e. The predicted molar refractivity (Wildman–Crippen MR) is 147 cm³/mol. The van der Waals surface area contributed by atoms with Gasteiger partial charge in [0.2, 0.25) is 0 Å². The van der Waals surface area contributed by atoms with E-state index in [1.54, 1.807) is 4.90 Å². The first-order valence-corrected chi connectivity index (χ1v) is 12.8. The summed E-state index contributed by atoms with van der Waals surface area (Å²) in [5.74, 6) is 1.44. The molecule has 0 heterocycles. The van der Waals surface area contributed by atoms with Crippen LogP contribution in [0.1, 0.15) is 48.0 Å². The highest BCUT2D eigenvalue weighted by Crippen LogP contribution is 2.30. The molecular weight excluding hydrogens is 505 g/mol. The number of amidine groups is 1. The zero-order valence-electron chi connectivity index (χ0n) is 20.1. The Morgan fingerprint density at radius 2 is 1.71 bits per heavy atom. The van der Waals surface area contributed by atoms with Gasteiger partial charge in [0.15, 0.2) is 0 Å². The second kappa shape index (κ2) is 12.5. The Balaban J connectivity index is 1.42. The van der Waals surface area contributed by atoms with Crippen molar-refractivity contribution >= 4 is 52.2 Å². The molecule has 35 heavy (non-hydrogen) atoms. The van der Waals surface area contributed by atoms with E-state index in [1.807, 2.05) is 38.4 Å². The van der Waals surface area contributed by atoms with Crippen LogP contribution in [0, 0.1) is 11.3 Å². The zero-order valence-corrected chi connectivity index (χ0v) is 22.3. The number of carbonyl (C=O) groups is 1. The van der Waals surface area contributed by atoms with Gasteiger partial charge in [0.25, 0.3) is 5.91 Å². The maximum Gasteiger partial charge on any atom is 0.254 e. The molecule has 1 saturated carbocycles. The first kappa shape index (κ1) is 27.2. The monoisotopic (exact) mass is 535 g/mol. The number of benzene rings is 2. The third-order valence-corrected chi connectivity index (χ3v) is 7.03. The standard InChI is InChI=1S/C26H32Cl3N5O/c1-16(33-23-7-5-4-6-20(23)25(30)34(2)3)32-19-10-8-17(9-11-19)12-13-31-26(35)24-21(28)14-18(27)15-22(24)29/h4-7,14-15,17,19,30,32-33H,1,8-13H2,2-3H3,(H,31,35). The Morgan fingerprint density at radius 3 is 2.34 bits per heavy atom. The van der Waals surface area contributed by atoms with E-state index in [4.69, 9.17) is 40.2 Å². The molecule has 0 atom stereocenters. The summed E-state index contributed by atoms with van der Waals surface area (Å²) in [6, 6.07) is 11.1. The first-order chi connectivity index (χ1) is 16.7. The van der Waals surface area contributed by atoms with Crippen LogP contribution in [0.15, 0.2) is 48.8 Å². The molecule has 6 nitrogen and oxygen atoms in total. The van der Waals surface area contributed by atoms with Crippen LogP contribution in [-0.2, 0) is 0 Å². The fourth-order valence-electron chi connectivity index (χ4n) is 4.32. The molecule has 2 aromatic rings. The van der Waals surface area contributed by atoms with Crippen molar-refractivity contribution in [1.29, 1.82) is 5.41 Å². The number of hydrogen-bond donors (Lipinski definition) is 4. The molecule has 0 bridgehead atoms. The minimum absolute atomic E-state index is 0.251. The summed E-state index contributed by atoms with van der Waals surface area (Å²) in [5, 5.41) is 19.0. The van der Waals surface area contributed by atoms with Crippen molar-refractivity contribution in [3.05, 3.63) is 75.0 Å². The molecule has 0 saturated heterocycles. The van der Waals surface area contributed by atoms with Crippen LogP contribution in [-0.4, -0.2) is 43.3 Å². The van der Waals surface area contributed by atoms with Gasteiger partial charge >= 0.3 is 0 Å². The number of halogens is 3. The van der Waals surface area contributed by atoms with E-state index in [0.717, 1.165) is 49.2 Å². The SMILES string of the molecule is C=C(Nc1ccccc1C(=N)N(C)C)NC1CCC(CCNC(=O)c2c(Cl)cc(Cl)cc2Cl)CC1. The van der Waals surface area contributed by atoms with Gasteiger partial charge in [0.1, 0.15) is 5.84 Å². The molecule has 0 unspecified atom stereocenters. The highest BCUT2D eigenvalue weighted by atomic mass is 35.5. The van der Waals surface area contributed by atoms with Gasteiger partial charge < -0.3 is 20.9 Å². The van der Waals surface area contributed by atoms with Gasteiger partial charge in [0, 0.05) is 37.3 Å². The Hall–Kier alpha value is -2.41. The molecular formula is C26H32Cl3N5O. The van der Waals surface area contributed by atoms with Gasteiger partial charge in [-0.25, -0.2) is 0 Å². The van der Waals surface area contributed by atoms with Crippen molar-refractivity contribution in [2.75, 3.05) is 26.0 Å². The third kappa shape index (κ3) is 7.53. The van der Waals surface area contributed by atoms with Crippen LogP contribution in [0.5, 0.6) is 0 Å². The maximum absolute atomic E-state index is 12.5. The van der Waals surface area contributed by atoms with Gasteiger partial charge in [-0.15, -0.1) is 0 Å². The third-order valence-electron chi connectivity index (χ3n) is 6.21. The van der Waals surface area contributed by atoms with Crippen LogP contribution in [0.4, 0.5) is 5.69 Å². The molecule has 0 radical (unpaired) electrons. The molecule has 9 heteroatoms. The molecule has 0 spiro atoms. The maximum atomic E-state index is 12.5. The summed E-state index contributed by atoms with van der Waals surface area (Å²) in [4.78, 5) is 14.3. The van der Waals surface area contributed by atoms with Gasteiger partial charge in [0.05, 0.1) is 27.1 Å². The lowest BCUT2D eigenvalue weighted by Gasteiger charge is -2.31. The van der Waals surface area contributed by atoms with Crippen LogP contribution in [0.25, 0.3) is 0 Å². The first-order valence-electron chi connectivity index (χ1n) is 11.7. The number of rotatable bonds is 9. The highest BCUT2D eigenvalue weighted by molar-refractivity contribution is 6.42. The van der Waals surface area contributed by atoms with E-state index in [2.05, 4.69) is 22.5 Å². The minimum Gasteiger partial charge on any atom is -0.369 e. The average Bonchev–Trinajstić information content (AvgIpc) is 2.79. The molecule has 1 amide bonds. The fourth-order valence-corrected chi connectivity index (χ4v) is 5.31. The predicted octanol–water partition coefficient (Wildman–Crippen LogP) is 6.39. The second-order valence-electron chi connectivity index (χ2n) is 9.04. The van der Waals surface area contributed by atoms with Crippen LogP contribution in [0.3, 0.4) is 0 Å². The van der Waals surface area contributed by atoms with E-state index < -0.39 is 0 Å². The molecule has 1 aliphatic carbocycles. The number of para-hydroxylation sites is 1. The summed E-state index contributed by atoms with van der Waals surface area (Å²) >= 11 is 18.2. The Bertz CT molecular complexity index is 1060. The fraction of sp³-hybridized carbons (Fsp3) is 0.385. The minimum atomic E-state index is -0.281. The topological polar surface area (TPSA) is 80.2 Å². The number of nitrogens with zero attached hydrogens (tertiary/aromatic N) is 1. The van der Waals surface area contributed by atoms with E-state index >= 15 is 0 Å². The van der Waals surface area contributed by atoms with Crippen molar-refractivity contribution in [3.63, 3.8) is 0 Å². The Morgan fingerprint density at radius 1 is 1.09 bits per heavy atom. The number of anilines is 1. The molecule has 4 N–H and O–H groups in total. The van der Waals surface area contributed by atoms with Gasteiger partial charge in [-0.1, -0.05) is 53.5 Å². The Labute approximate surface area is 222 Å². The molecule has 188 valence electrons. The average molecular weight is 537 g/mol. The lowest BCUT2D eigenvalue weighted by atomic mass is 9.84. The molecule has 1 aliphatic rings. The van der Waals surface area contributed by atoms with Crippen molar-refractivity contribution in [3.8, 4) is 0 Å². The van der Waals surface area contributed by atoms with E-state index in [1.165, 1.54) is 12.1 Å². The lowest BCUT2D eigenvalue weighted by Crippen LogP contribution is -2.35. The largest absolute Gasteiger partial charge is 0.369 e. The van der Waals surface area contributed by atoms with E-state index in [9.17, 15) is 4.79 Å². The van der Waals surface area contributed by atoms with Gasteiger partial charge in [-0.2, -0.15) is 0 Å². The van der Waals surface area contributed by atoms with Crippen molar-refractivity contribution in [2.24, 2.45) is 5.92 Å². The lowest BCUT2D eigenvalue weighted by molar-refractivity contribution is 0.0950. The summed E-state index contributed by atoms with van der Waals surface area (Å²) in [5.41, 5.74) is 1.94. The summed E-state index contributed by atoms with van der Waals surface area (Å²) in [7, 11) is 3.72.